The van der Waals surface area contributed by atoms with Crippen molar-refractivity contribution in [1.29, 1.82) is 0 Å². The molecule has 1 aliphatic carbocycles. The number of esters is 1. The van der Waals surface area contributed by atoms with E-state index < -0.39 is 6.10 Å². The highest BCUT2D eigenvalue weighted by atomic mass is 16.6. The summed E-state index contributed by atoms with van der Waals surface area (Å²) in [6, 6.07) is 22.2. The van der Waals surface area contributed by atoms with Crippen molar-refractivity contribution in [3.8, 4) is 5.75 Å². The first-order valence-electron chi connectivity index (χ1n) is 14.8. The lowest BCUT2D eigenvalue weighted by Gasteiger charge is -2.31. The van der Waals surface area contributed by atoms with E-state index in [1.807, 2.05) is 38.1 Å². The first kappa shape index (κ1) is 29.8. The molecule has 40 heavy (non-hydrogen) atoms. The molecule has 0 saturated carbocycles. The van der Waals surface area contributed by atoms with Gasteiger partial charge in [0.2, 0.25) is 0 Å². The Balaban J connectivity index is 1.44. The zero-order valence-corrected chi connectivity index (χ0v) is 24.9. The van der Waals surface area contributed by atoms with Gasteiger partial charge in [-0.25, -0.2) is 4.79 Å². The van der Waals surface area contributed by atoms with E-state index in [1.165, 1.54) is 39.8 Å². The summed E-state index contributed by atoms with van der Waals surface area (Å²) >= 11 is 0. The van der Waals surface area contributed by atoms with Gasteiger partial charge in [0, 0.05) is 19.6 Å². The van der Waals surface area contributed by atoms with Crippen LogP contribution in [0.15, 0.2) is 60.7 Å². The van der Waals surface area contributed by atoms with Crippen LogP contribution in [-0.4, -0.2) is 50.4 Å². The van der Waals surface area contributed by atoms with Crippen molar-refractivity contribution in [3.63, 3.8) is 0 Å². The smallest absolute Gasteiger partial charge is 0.335 e. The molecule has 0 heterocycles. The molecule has 3 aromatic rings. The first-order chi connectivity index (χ1) is 19.4. The normalized spacial score (nSPS) is 15.2. The third-order valence-corrected chi connectivity index (χ3v) is 7.72. The summed E-state index contributed by atoms with van der Waals surface area (Å²) in [6.45, 7) is 10.3. The second-order valence-corrected chi connectivity index (χ2v) is 10.8. The molecule has 214 valence electrons. The van der Waals surface area contributed by atoms with Crippen molar-refractivity contribution in [2.75, 3.05) is 33.4 Å². The van der Waals surface area contributed by atoms with E-state index in [0.29, 0.717) is 26.2 Å². The molecule has 0 radical (unpaired) electrons. The molecule has 0 bridgehead atoms. The van der Waals surface area contributed by atoms with Gasteiger partial charge in [0.05, 0.1) is 12.6 Å². The molecular formula is C35H45NO4. The number of nitrogens with zero attached hydrogens (tertiary/aromatic N) is 1. The summed E-state index contributed by atoms with van der Waals surface area (Å²) in [6.07, 6.45) is 4.34. The lowest BCUT2D eigenvalue weighted by molar-refractivity contribution is -0.156. The number of rotatable bonds is 13. The maximum atomic E-state index is 12.2. The molecule has 5 nitrogen and oxygen atoms in total. The van der Waals surface area contributed by atoms with Crippen molar-refractivity contribution in [2.24, 2.45) is 0 Å². The first-order valence-corrected chi connectivity index (χ1v) is 14.8. The molecule has 0 N–H and O–H groups in total. The molecule has 0 amide bonds. The van der Waals surface area contributed by atoms with E-state index in [4.69, 9.17) is 14.2 Å². The monoisotopic (exact) mass is 543 g/mol. The average molecular weight is 544 g/mol. The number of ether oxygens (including phenoxy) is 3. The number of carbonyl (C=O) groups is 1. The van der Waals surface area contributed by atoms with Crippen LogP contribution in [0.2, 0.25) is 0 Å². The van der Waals surface area contributed by atoms with Crippen LogP contribution < -0.4 is 4.74 Å². The Kier molecular flexibility index (Phi) is 10.8. The number of hydrogen-bond acceptors (Lipinski definition) is 5. The van der Waals surface area contributed by atoms with Gasteiger partial charge in [-0.2, -0.15) is 0 Å². The molecule has 5 heteroatoms. The largest absolute Gasteiger partial charge is 0.492 e. The molecule has 0 aliphatic heterocycles. The van der Waals surface area contributed by atoms with Crippen LogP contribution in [-0.2, 0) is 40.0 Å². The van der Waals surface area contributed by atoms with Crippen LogP contribution in [0, 0.1) is 6.92 Å². The highest BCUT2D eigenvalue weighted by Gasteiger charge is 2.27. The summed E-state index contributed by atoms with van der Waals surface area (Å²) in [5.41, 5.74) is 9.50. The van der Waals surface area contributed by atoms with E-state index >= 15 is 0 Å². The highest BCUT2D eigenvalue weighted by molar-refractivity contribution is 5.75. The zero-order chi connectivity index (χ0) is 28.5. The van der Waals surface area contributed by atoms with Crippen LogP contribution in [0.1, 0.15) is 72.2 Å². The van der Waals surface area contributed by atoms with Gasteiger partial charge >= 0.3 is 5.97 Å². The maximum absolute atomic E-state index is 12.2. The lowest BCUT2D eigenvalue weighted by Crippen LogP contribution is -2.30. The summed E-state index contributed by atoms with van der Waals surface area (Å²) in [7, 11) is 2.21. The van der Waals surface area contributed by atoms with Crippen molar-refractivity contribution in [2.45, 2.75) is 71.9 Å². The van der Waals surface area contributed by atoms with Gasteiger partial charge in [0.25, 0.3) is 0 Å². The van der Waals surface area contributed by atoms with E-state index in [-0.39, 0.29) is 12.0 Å². The third-order valence-electron chi connectivity index (χ3n) is 7.72. The van der Waals surface area contributed by atoms with Crippen molar-refractivity contribution < 1.29 is 19.0 Å². The van der Waals surface area contributed by atoms with E-state index in [9.17, 15) is 4.79 Å². The van der Waals surface area contributed by atoms with Crippen molar-refractivity contribution in [1.82, 2.24) is 4.90 Å². The van der Waals surface area contributed by atoms with Gasteiger partial charge in [-0.05, 0) is 92.6 Å². The second-order valence-electron chi connectivity index (χ2n) is 10.8. The molecule has 2 unspecified atom stereocenters. The predicted molar refractivity (Wildman–Crippen MR) is 161 cm³/mol. The quantitative estimate of drug-likeness (QED) is 0.226. The van der Waals surface area contributed by atoms with E-state index in [2.05, 4.69) is 62.2 Å². The van der Waals surface area contributed by atoms with Gasteiger partial charge in [-0.1, -0.05) is 67.4 Å². The van der Waals surface area contributed by atoms with Gasteiger partial charge in [-0.3, -0.25) is 4.90 Å². The number of benzene rings is 3. The summed E-state index contributed by atoms with van der Waals surface area (Å²) in [4.78, 5) is 14.6. The Labute approximate surface area is 240 Å². The standard InChI is InChI=1S/C35H45NO4/c1-6-9-26-13-19-31-29(23-26)16-15-28-14-10-25(4)22-32(28)34(31)36(5)20-21-40-30-17-11-27(12-18-30)24-33(38-7-2)35(37)39-8-3/h10-14,17-19,22-23,33-34H,6-9,15-16,20-21,24H2,1-5H3. The van der Waals surface area contributed by atoms with Gasteiger partial charge in [-0.15, -0.1) is 0 Å². The number of aryl methyl sites for hydroxylation is 4. The van der Waals surface area contributed by atoms with Crippen LogP contribution in [0.5, 0.6) is 5.75 Å². The average Bonchev–Trinajstić information content (AvgIpc) is 3.10. The number of likely N-dealkylation sites (N-methyl/N-ethyl adjacent to an activating group) is 1. The van der Waals surface area contributed by atoms with Crippen LogP contribution in [0.4, 0.5) is 0 Å². The van der Waals surface area contributed by atoms with Crippen molar-refractivity contribution in [3.05, 3.63) is 99.6 Å². The van der Waals surface area contributed by atoms with Gasteiger partial charge < -0.3 is 14.2 Å². The van der Waals surface area contributed by atoms with E-state index in [0.717, 1.165) is 37.1 Å². The Hall–Kier alpha value is -3.15. The third kappa shape index (κ3) is 7.52. The molecule has 2 atom stereocenters. The van der Waals surface area contributed by atoms with E-state index in [1.54, 1.807) is 0 Å². The number of hydrogen-bond donors (Lipinski definition) is 0. The minimum absolute atomic E-state index is 0.201. The predicted octanol–water partition coefficient (Wildman–Crippen LogP) is 6.66. The molecule has 0 fully saturated rings. The number of carbonyl (C=O) groups excluding carboxylic acids is 1. The Morgan fingerprint density at radius 3 is 2.38 bits per heavy atom. The van der Waals surface area contributed by atoms with Crippen LogP contribution >= 0.6 is 0 Å². The number of fused-ring (bicyclic) bond motifs is 2. The van der Waals surface area contributed by atoms with Crippen LogP contribution in [0.3, 0.4) is 0 Å². The van der Waals surface area contributed by atoms with Gasteiger partial charge in [0.15, 0.2) is 6.10 Å². The second kappa shape index (κ2) is 14.5. The Morgan fingerprint density at radius 1 is 0.900 bits per heavy atom. The molecule has 1 aliphatic rings. The molecule has 0 aromatic heterocycles. The molecule has 3 aromatic carbocycles. The molecule has 4 rings (SSSR count). The summed E-state index contributed by atoms with van der Waals surface area (Å²) < 4.78 is 17.0. The fourth-order valence-corrected chi connectivity index (χ4v) is 5.71. The highest BCUT2D eigenvalue weighted by Crippen LogP contribution is 2.37. The Bertz CT molecular complexity index is 1250. The SMILES string of the molecule is CCCc1ccc2c(c1)CCc1ccc(C)cc1C2N(C)CCOc1ccc(CC(OCC)C(=O)OCC)cc1. The topological polar surface area (TPSA) is 48.0 Å². The summed E-state index contributed by atoms with van der Waals surface area (Å²) in [5.74, 6) is 0.508. The van der Waals surface area contributed by atoms with Gasteiger partial charge in [0.1, 0.15) is 12.4 Å². The maximum Gasteiger partial charge on any atom is 0.335 e. The molecular weight excluding hydrogens is 498 g/mol. The molecule has 0 saturated heterocycles. The minimum Gasteiger partial charge on any atom is -0.492 e. The summed E-state index contributed by atoms with van der Waals surface area (Å²) in [5, 5.41) is 0. The fraction of sp³-hybridized carbons (Fsp3) is 0.457. The molecule has 0 spiro atoms. The van der Waals surface area contributed by atoms with Crippen molar-refractivity contribution >= 4 is 5.97 Å². The Morgan fingerprint density at radius 2 is 1.65 bits per heavy atom. The van der Waals surface area contributed by atoms with Crippen LogP contribution in [0.25, 0.3) is 0 Å². The lowest BCUT2D eigenvalue weighted by atomic mass is 9.91. The fourth-order valence-electron chi connectivity index (χ4n) is 5.71. The zero-order valence-electron chi connectivity index (χ0n) is 24.9. The minimum atomic E-state index is -0.586.